The third-order valence-corrected chi connectivity index (χ3v) is 3.53. The maximum absolute atomic E-state index is 12.0. The fraction of sp³-hybridized carbons (Fsp3) is 0.667. The zero-order valence-corrected chi connectivity index (χ0v) is 11.3. The van der Waals surface area contributed by atoms with E-state index in [0.29, 0.717) is 12.2 Å². The van der Waals surface area contributed by atoms with E-state index in [9.17, 15) is 4.79 Å². The maximum atomic E-state index is 12.0. The molecule has 5 heteroatoms. The summed E-state index contributed by atoms with van der Waals surface area (Å²) in [6, 6.07) is 0.219. The Kier molecular flexibility index (Phi) is 3.76. The highest BCUT2D eigenvalue weighted by Crippen LogP contribution is 2.33. The number of aromatic nitrogens is 2. The lowest BCUT2D eigenvalue weighted by molar-refractivity contribution is -0.131. The molecule has 2 rings (SSSR count). The molecule has 94 valence electrons. The van der Waals surface area contributed by atoms with Crippen molar-refractivity contribution < 1.29 is 4.79 Å². The van der Waals surface area contributed by atoms with Gasteiger partial charge in [-0.25, -0.2) is 0 Å². The number of rotatable bonds is 3. The van der Waals surface area contributed by atoms with Crippen molar-refractivity contribution in [1.82, 2.24) is 14.7 Å². The normalized spacial score (nSPS) is 19.9. The number of likely N-dealkylation sites (tertiary alicyclic amines) is 1. The Hall–Kier alpha value is -0.970. The van der Waals surface area contributed by atoms with Crippen LogP contribution in [-0.4, -0.2) is 32.9 Å². The Morgan fingerprint density at radius 2 is 2.41 bits per heavy atom. The van der Waals surface area contributed by atoms with Crippen LogP contribution in [0.5, 0.6) is 0 Å². The number of carbonyl (C=O) groups excluding carboxylic acids is 1. The number of nitrogens with zero attached hydrogens (tertiary/aromatic N) is 3. The monoisotopic (exact) mass is 253 g/mol. The minimum Gasteiger partial charge on any atom is -0.336 e. The SMILES string of the molecule is Cc1nn(C)cc1C1CCCN1C(=O)CCS. The second-order valence-corrected chi connectivity index (χ2v) is 5.01. The predicted octanol–water partition coefficient (Wildman–Crippen LogP) is 1.71. The van der Waals surface area contributed by atoms with Crippen LogP contribution in [0, 0.1) is 6.92 Å². The number of aryl methyl sites for hydroxylation is 2. The summed E-state index contributed by atoms with van der Waals surface area (Å²) in [5.41, 5.74) is 2.22. The fourth-order valence-corrected chi connectivity index (χ4v) is 2.76. The zero-order chi connectivity index (χ0) is 12.4. The largest absolute Gasteiger partial charge is 0.336 e. The average molecular weight is 253 g/mol. The lowest BCUT2D eigenvalue weighted by Crippen LogP contribution is -2.30. The van der Waals surface area contributed by atoms with Crippen molar-refractivity contribution in [1.29, 1.82) is 0 Å². The van der Waals surface area contributed by atoms with Crippen LogP contribution in [-0.2, 0) is 11.8 Å². The first kappa shape index (κ1) is 12.5. The van der Waals surface area contributed by atoms with Gasteiger partial charge in [0.05, 0.1) is 11.7 Å². The van der Waals surface area contributed by atoms with Crippen molar-refractivity contribution in [3.63, 3.8) is 0 Å². The molecule has 1 aromatic heterocycles. The molecule has 1 aliphatic rings. The van der Waals surface area contributed by atoms with Crippen LogP contribution in [0.4, 0.5) is 0 Å². The van der Waals surface area contributed by atoms with Gasteiger partial charge in [0.15, 0.2) is 0 Å². The van der Waals surface area contributed by atoms with Crippen LogP contribution < -0.4 is 0 Å². The summed E-state index contributed by atoms with van der Waals surface area (Å²) in [6.45, 7) is 2.88. The highest BCUT2D eigenvalue weighted by Gasteiger charge is 2.31. The molecule has 1 aliphatic heterocycles. The smallest absolute Gasteiger partial charge is 0.223 e. The third kappa shape index (κ3) is 2.49. The number of amides is 1. The van der Waals surface area contributed by atoms with E-state index in [4.69, 9.17) is 0 Å². The molecule has 17 heavy (non-hydrogen) atoms. The summed E-state index contributed by atoms with van der Waals surface area (Å²) in [4.78, 5) is 14.0. The molecular formula is C12H19N3OS. The van der Waals surface area contributed by atoms with Gasteiger partial charge < -0.3 is 4.90 Å². The molecule has 1 atom stereocenters. The standard InChI is InChI=1S/C12H19N3OS/c1-9-10(8-14(2)13-9)11-4-3-6-15(11)12(16)5-7-17/h8,11,17H,3-7H2,1-2H3. The fourth-order valence-electron chi connectivity index (χ4n) is 2.57. The van der Waals surface area contributed by atoms with E-state index in [2.05, 4.69) is 17.7 Å². The zero-order valence-electron chi connectivity index (χ0n) is 10.4. The molecule has 1 fully saturated rings. The van der Waals surface area contributed by atoms with Gasteiger partial charge in [0.2, 0.25) is 5.91 Å². The first-order chi connectivity index (χ1) is 8.13. The summed E-state index contributed by atoms with van der Waals surface area (Å²) in [5.74, 6) is 0.833. The quantitative estimate of drug-likeness (QED) is 0.833. The van der Waals surface area contributed by atoms with Gasteiger partial charge in [-0.1, -0.05) is 0 Å². The Morgan fingerprint density at radius 3 is 3.00 bits per heavy atom. The second kappa shape index (κ2) is 5.12. The Morgan fingerprint density at radius 1 is 1.65 bits per heavy atom. The summed E-state index contributed by atoms with van der Waals surface area (Å²) >= 11 is 4.13. The van der Waals surface area contributed by atoms with Gasteiger partial charge in [0.25, 0.3) is 0 Å². The average Bonchev–Trinajstić information content (AvgIpc) is 2.84. The van der Waals surface area contributed by atoms with Crippen molar-refractivity contribution in [2.24, 2.45) is 7.05 Å². The molecule has 1 aromatic rings. The molecule has 0 aliphatic carbocycles. The number of thiol groups is 1. The summed E-state index contributed by atoms with van der Waals surface area (Å²) in [5, 5.41) is 4.36. The molecule has 0 spiro atoms. The van der Waals surface area contributed by atoms with E-state index in [1.807, 2.05) is 29.7 Å². The van der Waals surface area contributed by atoms with E-state index in [0.717, 1.165) is 25.1 Å². The molecule has 0 aromatic carbocycles. The highest BCUT2D eigenvalue weighted by atomic mass is 32.1. The van der Waals surface area contributed by atoms with E-state index >= 15 is 0 Å². The van der Waals surface area contributed by atoms with Gasteiger partial charge in [0.1, 0.15) is 0 Å². The topological polar surface area (TPSA) is 38.1 Å². The van der Waals surface area contributed by atoms with Crippen molar-refractivity contribution in [2.75, 3.05) is 12.3 Å². The summed E-state index contributed by atoms with van der Waals surface area (Å²) < 4.78 is 1.82. The number of hydrogen-bond donors (Lipinski definition) is 1. The van der Waals surface area contributed by atoms with Crippen molar-refractivity contribution in [3.8, 4) is 0 Å². The molecule has 0 bridgehead atoms. The molecule has 1 amide bonds. The molecule has 1 unspecified atom stereocenters. The highest BCUT2D eigenvalue weighted by molar-refractivity contribution is 7.80. The third-order valence-electron chi connectivity index (χ3n) is 3.31. The van der Waals surface area contributed by atoms with Crippen LogP contribution >= 0.6 is 12.6 Å². The molecule has 2 heterocycles. The van der Waals surface area contributed by atoms with Gasteiger partial charge in [-0.3, -0.25) is 9.48 Å². The summed E-state index contributed by atoms with van der Waals surface area (Å²) in [7, 11) is 1.92. The Bertz CT molecular complexity index is 416. The van der Waals surface area contributed by atoms with Crippen LogP contribution in [0.2, 0.25) is 0 Å². The van der Waals surface area contributed by atoms with Gasteiger partial charge in [-0.15, -0.1) is 0 Å². The maximum Gasteiger partial charge on any atom is 0.223 e. The minimum absolute atomic E-state index is 0.214. The van der Waals surface area contributed by atoms with Gasteiger partial charge in [-0.05, 0) is 25.5 Å². The molecule has 0 radical (unpaired) electrons. The molecule has 0 saturated carbocycles. The Balaban J connectivity index is 2.19. The van der Waals surface area contributed by atoms with E-state index in [-0.39, 0.29) is 11.9 Å². The van der Waals surface area contributed by atoms with Crippen LogP contribution in [0.15, 0.2) is 6.20 Å². The van der Waals surface area contributed by atoms with Crippen LogP contribution in [0.1, 0.15) is 36.6 Å². The van der Waals surface area contributed by atoms with Gasteiger partial charge in [0, 0.05) is 31.8 Å². The van der Waals surface area contributed by atoms with Crippen molar-refractivity contribution in [2.45, 2.75) is 32.2 Å². The van der Waals surface area contributed by atoms with Gasteiger partial charge in [-0.2, -0.15) is 17.7 Å². The predicted molar refractivity (Wildman–Crippen MR) is 70.1 cm³/mol. The minimum atomic E-state index is 0.214. The van der Waals surface area contributed by atoms with Crippen LogP contribution in [0.3, 0.4) is 0 Å². The molecule has 4 nitrogen and oxygen atoms in total. The molecule has 1 saturated heterocycles. The van der Waals surface area contributed by atoms with E-state index < -0.39 is 0 Å². The van der Waals surface area contributed by atoms with Gasteiger partial charge >= 0.3 is 0 Å². The lowest BCUT2D eigenvalue weighted by atomic mass is 10.1. The first-order valence-electron chi connectivity index (χ1n) is 6.04. The van der Waals surface area contributed by atoms with E-state index in [1.165, 1.54) is 5.56 Å². The molecule has 0 N–H and O–H groups in total. The molecular weight excluding hydrogens is 234 g/mol. The number of carbonyl (C=O) groups is 1. The summed E-state index contributed by atoms with van der Waals surface area (Å²) in [6.07, 6.45) is 4.69. The lowest BCUT2D eigenvalue weighted by Gasteiger charge is -2.24. The van der Waals surface area contributed by atoms with Crippen LogP contribution in [0.25, 0.3) is 0 Å². The van der Waals surface area contributed by atoms with E-state index in [1.54, 1.807) is 0 Å². The van der Waals surface area contributed by atoms with Crippen molar-refractivity contribution in [3.05, 3.63) is 17.5 Å². The number of hydrogen-bond acceptors (Lipinski definition) is 3. The first-order valence-corrected chi connectivity index (χ1v) is 6.67. The van der Waals surface area contributed by atoms with Crippen molar-refractivity contribution >= 4 is 18.5 Å². The Labute approximate surface area is 107 Å². The second-order valence-electron chi connectivity index (χ2n) is 4.56.